The number of carboxylic acid groups (broad SMARTS) is 1. The Bertz CT molecular complexity index is 232. The first-order valence-electron chi connectivity index (χ1n) is 4.13. The van der Waals surface area contributed by atoms with Crippen molar-refractivity contribution >= 4 is 5.97 Å². The first kappa shape index (κ1) is 9.26. The molecule has 0 heterocycles. The molecule has 0 aromatic carbocycles. The van der Waals surface area contributed by atoms with Crippen LogP contribution in [-0.2, 0) is 4.79 Å². The second-order valence-electron chi connectivity index (χ2n) is 3.36. The summed E-state index contributed by atoms with van der Waals surface area (Å²) in [6.07, 6.45) is 1.92. The van der Waals surface area contributed by atoms with Crippen molar-refractivity contribution in [2.75, 3.05) is 0 Å². The Hall–Kier alpha value is -0.830. The summed E-state index contributed by atoms with van der Waals surface area (Å²) < 4.78 is 0. The molecule has 0 fully saturated rings. The molecule has 0 saturated heterocycles. The predicted molar refractivity (Wildman–Crippen MR) is 44.7 cm³/mol. The number of hydrogen-bond donors (Lipinski definition) is 2. The fourth-order valence-electron chi connectivity index (χ4n) is 1.86. The van der Waals surface area contributed by atoms with Crippen LogP contribution in [0.5, 0.6) is 0 Å². The van der Waals surface area contributed by atoms with E-state index in [0.717, 1.165) is 5.57 Å². The van der Waals surface area contributed by atoms with Crippen LogP contribution in [0.4, 0.5) is 0 Å². The quantitative estimate of drug-likeness (QED) is 0.612. The SMILES string of the molecule is CC[C@@]1(C(=O)O)C[C@@H](O)C=C1C. The van der Waals surface area contributed by atoms with Crippen molar-refractivity contribution in [2.24, 2.45) is 5.41 Å². The second-order valence-corrected chi connectivity index (χ2v) is 3.36. The zero-order chi connectivity index (χ0) is 9.35. The van der Waals surface area contributed by atoms with Crippen LogP contribution in [0.1, 0.15) is 26.7 Å². The lowest BCUT2D eigenvalue weighted by Crippen LogP contribution is -2.30. The Labute approximate surface area is 71.7 Å². The molecule has 0 amide bonds. The smallest absolute Gasteiger partial charge is 0.313 e. The van der Waals surface area contributed by atoms with Gasteiger partial charge in [0.1, 0.15) is 0 Å². The van der Waals surface area contributed by atoms with Gasteiger partial charge >= 0.3 is 5.97 Å². The van der Waals surface area contributed by atoms with E-state index in [1.807, 2.05) is 6.92 Å². The average molecular weight is 170 g/mol. The van der Waals surface area contributed by atoms with E-state index in [4.69, 9.17) is 5.11 Å². The van der Waals surface area contributed by atoms with Gasteiger partial charge in [-0.2, -0.15) is 0 Å². The molecule has 68 valence electrons. The summed E-state index contributed by atoms with van der Waals surface area (Å²) in [6.45, 7) is 3.61. The van der Waals surface area contributed by atoms with Gasteiger partial charge in [0.05, 0.1) is 11.5 Å². The molecule has 0 radical (unpaired) electrons. The van der Waals surface area contributed by atoms with Crippen molar-refractivity contribution in [1.29, 1.82) is 0 Å². The second kappa shape index (κ2) is 2.90. The van der Waals surface area contributed by atoms with E-state index in [1.54, 1.807) is 13.0 Å². The third-order valence-electron chi connectivity index (χ3n) is 2.77. The van der Waals surface area contributed by atoms with Gasteiger partial charge in [0.2, 0.25) is 0 Å². The molecule has 1 aliphatic carbocycles. The Morgan fingerprint density at radius 3 is 2.58 bits per heavy atom. The Balaban J connectivity index is 2.98. The molecule has 2 N–H and O–H groups in total. The van der Waals surface area contributed by atoms with Crippen molar-refractivity contribution in [2.45, 2.75) is 32.8 Å². The van der Waals surface area contributed by atoms with E-state index in [-0.39, 0.29) is 0 Å². The minimum absolute atomic E-state index is 0.324. The molecular weight excluding hydrogens is 156 g/mol. The molecule has 0 aromatic heterocycles. The monoisotopic (exact) mass is 170 g/mol. The van der Waals surface area contributed by atoms with Crippen molar-refractivity contribution in [3.05, 3.63) is 11.6 Å². The highest BCUT2D eigenvalue weighted by atomic mass is 16.4. The van der Waals surface area contributed by atoms with E-state index < -0.39 is 17.5 Å². The van der Waals surface area contributed by atoms with Gasteiger partial charge in [-0.1, -0.05) is 18.6 Å². The van der Waals surface area contributed by atoms with Gasteiger partial charge in [0, 0.05) is 0 Å². The van der Waals surface area contributed by atoms with Gasteiger partial charge in [-0.25, -0.2) is 0 Å². The van der Waals surface area contributed by atoms with E-state index in [0.29, 0.717) is 12.8 Å². The van der Waals surface area contributed by atoms with Crippen molar-refractivity contribution in [3.8, 4) is 0 Å². The molecule has 0 aliphatic heterocycles. The van der Waals surface area contributed by atoms with Crippen molar-refractivity contribution in [1.82, 2.24) is 0 Å². The lowest BCUT2D eigenvalue weighted by atomic mass is 9.79. The Morgan fingerprint density at radius 1 is 1.83 bits per heavy atom. The van der Waals surface area contributed by atoms with Crippen LogP contribution in [0, 0.1) is 5.41 Å². The summed E-state index contributed by atoms with van der Waals surface area (Å²) in [5, 5.41) is 18.3. The molecule has 0 bridgehead atoms. The number of aliphatic hydroxyl groups is 1. The van der Waals surface area contributed by atoms with Crippen LogP contribution in [0.25, 0.3) is 0 Å². The lowest BCUT2D eigenvalue weighted by molar-refractivity contribution is -0.147. The normalized spacial score (nSPS) is 34.9. The van der Waals surface area contributed by atoms with E-state index in [9.17, 15) is 9.90 Å². The standard InChI is InChI=1S/C9H14O3/c1-3-9(8(11)12)5-7(10)4-6(9)2/h4,7,10H,3,5H2,1-2H3,(H,11,12)/t7-,9+/m0/s1. The Kier molecular flexibility index (Phi) is 2.24. The number of hydrogen-bond acceptors (Lipinski definition) is 2. The zero-order valence-electron chi connectivity index (χ0n) is 7.37. The van der Waals surface area contributed by atoms with Gasteiger partial charge in [-0.15, -0.1) is 0 Å². The third-order valence-corrected chi connectivity index (χ3v) is 2.77. The van der Waals surface area contributed by atoms with Crippen LogP contribution in [0.15, 0.2) is 11.6 Å². The van der Waals surface area contributed by atoms with E-state index in [1.165, 1.54) is 0 Å². The minimum Gasteiger partial charge on any atom is -0.481 e. The van der Waals surface area contributed by atoms with Crippen molar-refractivity contribution in [3.63, 3.8) is 0 Å². The highest BCUT2D eigenvalue weighted by Crippen LogP contribution is 2.41. The highest BCUT2D eigenvalue weighted by Gasteiger charge is 2.43. The first-order chi connectivity index (χ1) is 5.53. The summed E-state index contributed by atoms with van der Waals surface area (Å²) in [5.74, 6) is -0.824. The van der Waals surface area contributed by atoms with Gasteiger partial charge < -0.3 is 10.2 Å². The number of rotatable bonds is 2. The van der Waals surface area contributed by atoms with Gasteiger partial charge in [0.25, 0.3) is 0 Å². The van der Waals surface area contributed by atoms with Gasteiger partial charge in [-0.05, 0) is 19.8 Å². The predicted octanol–water partition coefficient (Wildman–Crippen LogP) is 1.18. The van der Waals surface area contributed by atoms with Crippen LogP contribution in [-0.4, -0.2) is 22.3 Å². The summed E-state index contributed by atoms with van der Waals surface area (Å²) in [5.41, 5.74) is -0.0237. The molecule has 0 spiro atoms. The largest absolute Gasteiger partial charge is 0.481 e. The average Bonchev–Trinajstić information content (AvgIpc) is 2.26. The van der Waals surface area contributed by atoms with Gasteiger partial charge in [0.15, 0.2) is 0 Å². The van der Waals surface area contributed by atoms with Crippen LogP contribution in [0.3, 0.4) is 0 Å². The molecule has 0 unspecified atom stereocenters. The number of aliphatic hydroxyl groups excluding tert-OH is 1. The van der Waals surface area contributed by atoms with E-state index >= 15 is 0 Å². The molecule has 3 nitrogen and oxygen atoms in total. The maximum Gasteiger partial charge on any atom is 0.313 e. The van der Waals surface area contributed by atoms with Crippen LogP contribution in [0.2, 0.25) is 0 Å². The molecule has 1 aliphatic rings. The summed E-state index contributed by atoms with van der Waals surface area (Å²) in [6, 6.07) is 0. The molecule has 0 aromatic rings. The molecule has 0 saturated carbocycles. The van der Waals surface area contributed by atoms with Crippen LogP contribution >= 0.6 is 0 Å². The maximum absolute atomic E-state index is 11.0. The molecule has 3 heteroatoms. The van der Waals surface area contributed by atoms with Gasteiger partial charge in [-0.3, -0.25) is 4.79 Å². The summed E-state index contributed by atoms with van der Waals surface area (Å²) >= 11 is 0. The lowest BCUT2D eigenvalue weighted by Gasteiger charge is -2.24. The molecule has 1 rings (SSSR count). The maximum atomic E-state index is 11.0. The fraction of sp³-hybridized carbons (Fsp3) is 0.667. The fourth-order valence-corrected chi connectivity index (χ4v) is 1.86. The topological polar surface area (TPSA) is 57.5 Å². The summed E-state index contributed by atoms with van der Waals surface area (Å²) in [7, 11) is 0. The van der Waals surface area contributed by atoms with E-state index in [2.05, 4.69) is 0 Å². The highest BCUT2D eigenvalue weighted by molar-refractivity contribution is 5.79. The molecule has 2 atom stereocenters. The van der Waals surface area contributed by atoms with Crippen molar-refractivity contribution < 1.29 is 15.0 Å². The zero-order valence-corrected chi connectivity index (χ0v) is 7.37. The first-order valence-corrected chi connectivity index (χ1v) is 4.13. The molecule has 12 heavy (non-hydrogen) atoms. The number of carbonyl (C=O) groups is 1. The third kappa shape index (κ3) is 1.14. The molecular formula is C9H14O3. The summed E-state index contributed by atoms with van der Waals surface area (Å²) in [4.78, 5) is 11.0. The van der Waals surface area contributed by atoms with Crippen LogP contribution < -0.4 is 0 Å². The number of aliphatic carboxylic acids is 1. The number of carboxylic acids is 1. The Morgan fingerprint density at radius 2 is 2.42 bits per heavy atom. The minimum atomic E-state index is -0.824.